The molecule has 6 nitrogen and oxygen atoms in total. The monoisotopic (exact) mass is 297 g/mol. The summed E-state index contributed by atoms with van der Waals surface area (Å²) >= 11 is 1.78. The first-order chi connectivity index (χ1) is 9.83. The van der Waals surface area contributed by atoms with Gasteiger partial charge in [0.15, 0.2) is 0 Å². The fourth-order valence-corrected chi connectivity index (χ4v) is 3.96. The zero-order valence-corrected chi connectivity index (χ0v) is 12.9. The second-order valence-corrected chi connectivity index (χ2v) is 6.74. The van der Waals surface area contributed by atoms with Crippen molar-refractivity contribution in [3.63, 3.8) is 0 Å². The van der Waals surface area contributed by atoms with Crippen LogP contribution in [-0.4, -0.2) is 63.2 Å². The summed E-state index contributed by atoms with van der Waals surface area (Å²) in [6, 6.07) is 0.524. The Balaban J connectivity index is 1.47. The van der Waals surface area contributed by atoms with Gasteiger partial charge in [0.05, 0.1) is 18.8 Å². The molecule has 1 saturated heterocycles. The Kier molecular flexibility index (Phi) is 4.90. The van der Waals surface area contributed by atoms with Crippen molar-refractivity contribution in [3.05, 3.63) is 0 Å². The largest absolute Gasteiger partial charge is 0.376 e. The van der Waals surface area contributed by atoms with Gasteiger partial charge in [0.1, 0.15) is 0 Å². The van der Waals surface area contributed by atoms with Crippen molar-refractivity contribution in [1.82, 2.24) is 25.1 Å². The molecule has 2 fully saturated rings. The maximum absolute atomic E-state index is 5.56. The fraction of sp³-hybridized carbons (Fsp3) is 0.923. The zero-order chi connectivity index (χ0) is 13.8. The fourth-order valence-electron chi connectivity index (χ4n) is 3.02. The first-order valence-corrected chi connectivity index (χ1v) is 8.56. The maximum atomic E-state index is 5.56. The summed E-state index contributed by atoms with van der Waals surface area (Å²) in [6.07, 6.45) is 5.41. The molecule has 2 aliphatic rings. The summed E-state index contributed by atoms with van der Waals surface area (Å²) in [4.78, 5) is 2.46. The third-order valence-electron chi connectivity index (χ3n) is 4.10. The summed E-state index contributed by atoms with van der Waals surface area (Å²) in [5.74, 6) is 1.04. The minimum absolute atomic E-state index is 0.359. The van der Waals surface area contributed by atoms with Gasteiger partial charge in [-0.2, -0.15) is 0 Å². The first-order valence-electron chi connectivity index (χ1n) is 7.57. The number of ether oxygens (including phenoxy) is 1. The predicted octanol–water partition coefficient (Wildman–Crippen LogP) is 1.60. The van der Waals surface area contributed by atoms with E-state index in [2.05, 4.69) is 27.3 Å². The third kappa shape index (κ3) is 3.51. The molecule has 3 rings (SSSR count). The molecule has 7 heteroatoms. The van der Waals surface area contributed by atoms with Gasteiger partial charge in [0, 0.05) is 25.4 Å². The lowest BCUT2D eigenvalue weighted by Gasteiger charge is -2.30. The molecule has 1 atom stereocenters. The quantitative estimate of drug-likeness (QED) is 0.770. The van der Waals surface area contributed by atoms with Gasteiger partial charge in [-0.05, 0) is 30.2 Å². The Labute approximate surface area is 124 Å². The van der Waals surface area contributed by atoms with Crippen molar-refractivity contribution < 1.29 is 4.74 Å². The molecule has 1 aromatic heterocycles. The van der Waals surface area contributed by atoms with Gasteiger partial charge in [-0.1, -0.05) is 24.6 Å². The summed E-state index contributed by atoms with van der Waals surface area (Å²) in [7, 11) is 0. The summed E-state index contributed by atoms with van der Waals surface area (Å²) in [5, 5.41) is 13.2. The number of thioether (sulfide) groups is 1. The minimum atomic E-state index is 0.359. The Morgan fingerprint density at radius 3 is 3.00 bits per heavy atom. The molecule has 0 aromatic carbocycles. The number of tetrazole rings is 1. The topological polar surface area (TPSA) is 56.1 Å². The highest BCUT2D eigenvalue weighted by Crippen LogP contribution is 2.31. The van der Waals surface area contributed by atoms with Crippen molar-refractivity contribution in [1.29, 1.82) is 0 Å². The van der Waals surface area contributed by atoms with Crippen LogP contribution in [-0.2, 0) is 4.74 Å². The molecule has 1 aliphatic heterocycles. The molecule has 2 heterocycles. The number of hydrogen-bond donors (Lipinski definition) is 0. The molecule has 0 amide bonds. The van der Waals surface area contributed by atoms with Crippen LogP contribution in [0.25, 0.3) is 0 Å². The van der Waals surface area contributed by atoms with Crippen LogP contribution < -0.4 is 0 Å². The lowest BCUT2D eigenvalue weighted by molar-refractivity contribution is -0.0158. The lowest BCUT2D eigenvalue weighted by Crippen LogP contribution is -2.42. The summed E-state index contributed by atoms with van der Waals surface area (Å²) in [5.41, 5.74) is 0. The SMILES string of the molecule is C[C@H]1CN(CCSc2nnnn2C2CCCC2)CCO1. The standard InChI is InChI=1S/C13H23N5OS/c1-11-10-17(6-8-19-11)7-9-20-13-14-15-16-18(13)12-4-2-3-5-12/h11-12H,2-10H2,1H3/t11-/m0/s1. The molecule has 1 aromatic rings. The van der Waals surface area contributed by atoms with E-state index in [1.54, 1.807) is 11.8 Å². The van der Waals surface area contributed by atoms with Gasteiger partial charge in [0.2, 0.25) is 5.16 Å². The van der Waals surface area contributed by atoms with Crippen LogP contribution in [0.15, 0.2) is 5.16 Å². The highest BCUT2D eigenvalue weighted by Gasteiger charge is 2.22. The Hall–Kier alpha value is -0.660. The van der Waals surface area contributed by atoms with Crippen molar-refractivity contribution >= 4 is 11.8 Å². The predicted molar refractivity (Wildman–Crippen MR) is 77.9 cm³/mol. The number of aromatic nitrogens is 4. The van der Waals surface area contributed by atoms with Crippen molar-refractivity contribution in [3.8, 4) is 0 Å². The number of rotatable bonds is 5. The van der Waals surface area contributed by atoms with E-state index in [0.717, 1.165) is 37.2 Å². The molecule has 1 aliphatic carbocycles. The van der Waals surface area contributed by atoms with Crippen LogP contribution in [0.5, 0.6) is 0 Å². The van der Waals surface area contributed by atoms with Gasteiger partial charge in [-0.15, -0.1) is 5.10 Å². The van der Waals surface area contributed by atoms with Crippen LogP contribution in [0.3, 0.4) is 0 Å². The van der Waals surface area contributed by atoms with Gasteiger partial charge in [0.25, 0.3) is 0 Å². The smallest absolute Gasteiger partial charge is 0.209 e. The van der Waals surface area contributed by atoms with Gasteiger partial charge < -0.3 is 4.74 Å². The van der Waals surface area contributed by atoms with E-state index in [1.165, 1.54) is 25.7 Å². The molecule has 112 valence electrons. The van der Waals surface area contributed by atoms with E-state index >= 15 is 0 Å². The first kappa shape index (κ1) is 14.3. The molecule has 0 radical (unpaired) electrons. The zero-order valence-electron chi connectivity index (χ0n) is 12.1. The summed E-state index contributed by atoms with van der Waals surface area (Å²) in [6.45, 7) is 6.15. The van der Waals surface area contributed by atoms with E-state index in [4.69, 9.17) is 4.74 Å². The second-order valence-electron chi connectivity index (χ2n) is 5.67. The van der Waals surface area contributed by atoms with Crippen molar-refractivity contribution in [2.75, 3.05) is 32.0 Å². The van der Waals surface area contributed by atoms with Gasteiger partial charge in [-0.3, -0.25) is 4.90 Å². The molecule has 0 N–H and O–H groups in total. The molecular weight excluding hydrogens is 274 g/mol. The van der Waals surface area contributed by atoms with Crippen LogP contribution in [0.1, 0.15) is 38.6 Å². The molecule has 0 bridgehead atoms. The van der Waals surface area contributed by atoms with E-state index in [1.807, 2.05) is 4.68 Å². The molecule has 0 unspecified atom stereocenters. The van der Waals surface area contributed by atoms with E-state index < -0.39 is 0 Å². The van der Waals surface area contributed by atoms with Gasteiger partial charge >= 0.3 is 0 Å². The normalized spacial score (nSPS) is 25.4. The van der Waals surface area contributed by atoms with Gasteiger partial charge in [-0.25, -0.2) is 4.68 Å². The third-order valence-corrected chi connectivity index (χ3v) is 5.01. The molecule has 0 spiro atoms. The minimum Gasteiger partial charge on any atom is -0.376 e. The maximum Gasteiger partial charge on any atom is 0.209 e. The average Bonchev–Trinajstić information content (AvgIpc) is 3.09. The summed E-state index contributed by atoms with van der Waals surface area (Å²) < 4.78 is 7.60. The average molecular weight is 297 g/mol. The Morgan fingerprint density at radius 1 is 1.35 bits per heavy atom. The van der Waals surface area contributed by atoms with Crippen LogP contribution in [0, 0.1) is 0 Å². The number of morpholine rings is 1. The Morgan fingerprint density at radius 2 is 2.20 bits per heavy atom. The number of hydrogen-bond acceptors (Lipinski definition) is 6. The van der Waals surface area contributed by atoms with Crippen LogP contribution >= 0.6 is 11.8 Å². The Bertz CT molecular complexity index is 421. The lowest BCUT2D eigenvalue weighted by atomic mass is 10.3. The van der Waals surface area contributed by atoms with Crippen LogP contribution in [0.2, 0.25) is 0 Å². The highest BCUT2D eigenvalue weighted by atomic mass is 32.2. The molecule has 1 saturated carbocycles. The highest BCUT2D eigenvalue weighted by molar-refractivity contribution is 7.99. The van der Waals surface area contributed by atoms with Crippen molar-refractivity contribution in [2.45, 2.75) is 49.9 Å². The van der Waals surface area contributed by atoms with Crippen LogP contribution in [0.4, 0.5) is 0 Å². The molecular formula is C13H23N5OS. The van der Waals surface area contributed by atoms with E-state index in [0.29, 0.717) is 12.1 Å². The second kappa shape index (κ2) is 6.87. The van der Waals surface area contributed by atoms with E-state index in [-0.39, 0.29) is 0 Å². The molecule has 20 heavy (non-hydrogen) atoms. The number of nitrogens with zero attached hydrogens (tertiary/aromatic N) is 5. The van der Waals surface area contributed by atoms with Crippen molar-refractivity contribution in [2.24, 2.45) is 0 Å². The van der Waals surface area contributed by atoms with E-state index in [9.17, 15) is 0 Å².